The third-order valence-corrected chi connectivity index (χ3v) is 6.84. The van der Waals surface area contributed by atoms with Gasteiger partial charge < -0.3 is 9.47 Å². The molecule has 1 aromatic rings. The lowest BCUT2D eigenvalue weighted by Gasteiger charge is -2.39. The van der Waals surface area contributed by atoms with Crippen LogP contribution in [0.3, 0.4) is 0 Å². The Balaban J connectivity index is 1.76. The Bertz CT molecular complexity index is 936. The SMILES string of the molecule is COc1cccc([C@H]2C3=C(CC(C)(C)CC3=O)N=C(C)C2C(=O)OC2CCCCC2)c1. The van der Waals surface area contributed by atoms with Gasteiger partial charge in [-0.25, -0.2) is 0 Å². The van der Waals surface area contributed by atoms with Crippen molar-refractivity contribution in [2.45, 2.75) is 77.7 Å². The number of carbonyl (C=O) groups excluding carboxylic acids is 2. The van der Waals surface area contributed by atoms with Crippen molar-refractivity contribution in [3.63, 3.8) is 0 Å². The van der Waals surface area contributed by atoms with Crippen LogP contribution >= 0.6 is 0 Å². The summed E-state index contributed by atoms with van der Waals surface area (Å²) >= 11 is 0. The van der Waals surface area contributed by atoms with Crippen molar-refractivity contribution in [2.24, 2.45) is 16.3 Å². The minimum Gasteiger partial charge on any atom is -0.497 e. The first-order valence-electron chi connectivity index (χ1n) is 11.4. The number of nitrogens with zero attached hydrogens (tertiary/aromatic N) is 1. The number of rotatable bonds is 4. The number of ether oxygens (including phenoxy) is 2. The molecule has 1 heterocycles. The second kappa shape index (κ2) is 8.60. The maximum atomic E-state index is 13.5. The van der Waals surface area contributed by atoms with Gasteiger partial charge in [0.15, 0.2) is 5.78 Å². The molecule has 5 nitrogen and oxygen atoms in total. The second-order valence-electron chi connectivity index (χ2n) is 9.98. The Labute approximate surface area is 184 Å². The maximum absolute atomic E-state index is 13.5. The third-order valence-electron chi connectivity index (χ3n) is 6.84. The Morgan fingerprint density at radius 1 is 1.13 bits per heavy atom. The summed E-state index contributed by atoms with van der Waals surface area (Å²) in [5.74, 6) is -0.432. The van der Waals surface area contributed by atoms with Crippen LogP contribution in [0.5, 0.6) is 5.75 Å². The lowest BCUT2D eigenvalue weighted by atomic mass is 9.67. The van der Waals surface area contributed by atoms with Gasteiger partial charge in [-0.15, -0.1) is 0 Å². The first kappa shape index (κ1) is 21.8. The number of methoxy groups -OCH3 is 1. The molecule has 1 aliphatic heterocycles. The Kier molecular flexibility index (Phi) is 6.05. The lowest BCUT2D eigenvalue weighted by molar-refractivity contribution is -0.153. The van der Waals surface area contributed by atoms with Crippen LogP contribution in [0, 0.1) is 11.3 Å². The number of hydrogen-bond donors (Lipinski definition) is 0. The Morgan fingerprint density at radius 3 is 2.58 bits per heavy atom. The molecule has 166 valence electrons. The van der Waals surface area contributed by atoms with E-state index in [9.17, 15) is 9.59 Å². The van der Waals surface area contributed by atoms with Crippen LogP contribution in [-0.2, 0) is 14.3 Å². The lowest BCUT2D eigenvalue weighted by Crippen LogP contribution is -2.40. The highest BCUT2D eigenvalue weighted by atomic mass is 16.5. The fourth-order valence-corrected chi connectivity index (χ4v) is 5.37. The molecule has 0 amide bonds. The van der Waals surface area contributed by atoms with Crippen LogP contribution in [0.15, 0.2) is 40.5 Å². The zero-order valence-corrected chi connectivity index (χ0v) is 19.1. The molecule has 1 saturated carbocycles. The van der Waals surface area contributed by atoms with Gasteiger partial charge >= 0.3 is 5.97 Å². The molecule has 0 aromatic heterocycles. The first-order chi connectivity index (χ1) is 14.8. The van der Waals surface area contributed by atoms with Crippen molar-refractivity contribution in [1.29, 1.82) is 0 Å². The molecule has 0 bridgehead atoms. The van der Waals surface area contributed by atoms with Crippen molar-refractivity contribution < 1.29 is 19.1 Å². The van der Waals surface area contributed by atoms with Crippen LogP contribution in [0.1, 0.15) is 77.2 Å². The Morgan fingerprint density at radius 2 is 1.87 bits per heavy atom. The monoisotopic (exact) mass is 423 g/mol. The summed E-state index contributed by atoms with van der Waals surface area (Å²) in [6.07, 6.45) is 6.39. The number of esters is 1. The van der Waals surface area contributed by atoms with Crippen molar-refractivity contribution in [3.05, 3.63) is 41.1 Å². The maximum Gasteiger partial charge on any atom is 0.315 e. The molecule has 4 rings (SSSR count). The van der Waals surface area contributed by atoms with Crippen molar-refractivity contribution in [1.82, 2.24) is 0 Å². The summed E-state index contributed by atoms with van der Waals surface area (Å²) < 4.78 is 11.4. The predicted octanol–water partition coefficient (Wildman–Crippen LogP) is 5.39. The molecule has 0 radical (unpaired) electrons. The predicted molar refractivity (Wildman–Crippen MR) is 120 cm³/mol. The van der Waals surface area contributed by atoms with Crippen molar-refractivity contribution >= 4 is 17.5 Å². The van der Waals surface area contributed by atoms with Gasteiger partial charge in [0.25, 0.3) is 0 Å². The van der Waals surface area contributed by atoms with E-state index in [1.165, 1.54) is 6.42 Å². The van der Waals surface area contributed by atoms with Gasteiger partial charge in [-0.3, -0.25) is 14.6 Å². The number of allylic oxidation sites excluding steroid dienone is 2. The van der Waals surface area contributed by atoms with Gasteiger partial charge in [0, 0.05) is 29.3 Å². The number of aliphatic imine (C=N–C) groups is 1. The molecule has 0 N–H and O–H groups in total. The highest BCUT2D eigenvalue weighted by molar-refractivity contribution is 6.09. The van der Waals surface area contributed by atoms with Gasteiger partial charge in [0.05, 0.1) is 7.11 Å². The number of carbonyl (C=O) groups is 2. The molecule has 1 fully saturated rings. The highest BCUT2D eigenvalue weighted by Gasteiger charge is 2.46. The molecule has 3 aliphatic rings. The molecule has 0 spiro atoms. The fourth-order valence-electron chi connectivity index (χ4n) is 5.37. The van der Waals surface area contributed by atoms with Crippen LogP contribution in [-0.4, -0.2) is 30.7 Å². The van der Waals surface area contributed by atoms with E-state index in [1.54, 1.807) is 7.11 Å². The topological polar surface area (TPSA) is 65.0 Å². The van der Waals surface area contributed by atoms with Gasteiger partial charge in [0.2, 0.25) is 0 Å². The smallest absolute Gasteiger partial charge is 0.315 e. The largest absolute Gasteiger partial charge is 0.497 e. The quantitative estimate of drug-likeness (QED) is 0.609. The van der Waals surface area contributed by atoms with E-state index < -0.39 is 5.92 Å². The van der Waals surface area contributed by atoms with E-state index in [0.29, 0.717) is 17.7 Å². The second-order valence-corrected chi connectivity index (χ2v) is 9.98. The molecular weight excluding hydrogens is 390 g/mol. The molecule has 1 unspecified atom stereocenters. The number of benzene rings is 1. The third kappa shape index (κ3) is 4.46. The van der Waals surface area contributed by atoms with Gasteiger partial charge in [0.1, 0.15) is 17.8 Å². The van der Waals surface area contributed by atoms with E-state index in [4.69, 9.17) is 14.5 Å². The van der Waals surface area contributed by atoms with E-state index in [2.05, 4.69) is 13.8 Å². The molecule has 5 heteroatoms. The normalized spacial score (nSPS) is 26.2. The Hall–Kier alpha value is -2.43. The summed E-state index contributed by atoms with van der Waals surface area (Å²) in [5, 5.41) is 0. The average Bonchev–Trinajstić information content (AvgIpc) is 2.72. The standard InChI is InChI=1S/C26H33NO4/c1-16-22(25(29)31-18-10-6-5-7-11-18)23(17-9-8-12-19(13-17)30-4)24-20(27-16)14-26(2,3)15-21(24)28/h8-9,12-13,18,22-23H,5-7,10-11,14-15H2,1-4H3/t22?,23-/m1/s1. The van der Waals surface area contributed by atoms with Crippen LogP contribution in [0.2, 0.25) is 0 Å². The molecular formula is C26H33NO4. The average molecular weight is 424 g/mol. The summed E-state index contributed by atoms with van der Waals surface area (Å²) in [7, 11) is 1.63. The molecule has 2 aliphatic carbocycles. The summed E-state index contributed by atoms with van der Waals surface area (Å²) in [6.45, 7) is 6.10. The highest BCUT2D eigenvalue weighted by Crippen LogP contribution is 2.48. The van der Waals surface area contributed by atoms with E-state index in [1.807, 2.05) is 31.2 Å². The minimum atomic E-state index is -0.585. The minimum absolute atomic E-state index is 0.0311. The van der Waals surface area contributed by atoms with Crippen LogP contribution in [0.25, 0.3) is 0 Å². The molecule has 1 aromatic carbocycles. The fraction of sp³-hybridized carbons (Fsp3) is 0.577. The van der Waals surface area contributed by atoms with Crippen molar-refractivity contribution in [3.8, 4) is 5.75 Å². The summed E-state index contributed by atoms with van der Waals surface area (Å²) in [6, 6.07) is 7.70. The van der Waals surface area contributed by atoms with Crippen molar-refractivity contribution in [2.75, 3.05) is 7.11 Å². The first-order valence-corrected chi connectivity index (χ1v) is 11.4. The summed E-state index contributed by atoms with van der Waals surface area (Å²) in [4.78, 5) is 31.6. The van der Waals surface area contributed by atoms with Crippen LogP contribution < -0.4 is 4.74 Å². The zero-order chi connectivity index (χ0) is 22.2. The van der Waals surface area contributed by atoms with E-state index >= 15 is 0 Å². The van der Waals surface area contributed by atoms with E-state index in [0.717, 1.165) is 49.1 Å². The zero-order valence-electron chi connectivity index (χ0n) is 19.1. The molecule has 2 atom stereocenters. The number of Topliss-reactive ketones (excluding diaryl/α,β-unsaturated/α-hetero) is 1. The van der Waals surface area contributed by atoms with Gasteiger partial charge in [-0.05, 0) is 62.1 Å². The summed E-state index contributed by atoms with van der Waals surface area (Å²) in [5.41, 5.74) is 3.02. The molecule has 0 saturated heterocycles. The van der Waals surface area contributed by atoms with Gasteiger partial charge in [-0.2, -0.15) is 0 Å². The molecule has 31 heavy (non-hydrogen) atoms. The number of hydrogen-bond acceptors (Lipinski definition) is 5. The van der Waals surface area contributed by atoms with Crippen LogP contribution in [0.4, 0.5) is 0 Å². The number of ketones is 1. The van der Waals surface area contributed by atoms with Gasteiger partial charge in [-0.1, -0.05) is 32.4 Å². The van der Waals surface area contributed by atoms with E-state index in [-0.39, 0.29) is 29.2 Å².